The Balaban J connectivity index is 2.07. The molecule has 2 rings (SSSR count). The van der Waals surface area contributed by atoms with E-state index in [1.807, 2.05) is 24.4 Å². The van der Waals surface area contributed by atoms with Crippen LogP contribution in [-0.2, 0) is 0 Å². The first-order valence-corrected chi connectivity index (χ1v) is 7.44. The van der Waals surface area contributed by atoms with E-state index in [2.05, 4.69) is 24.1 Å². The second kappa shape index (κ2) is 6.15. The molecule has 1 amide bonds. The predicted molar refractivity (Wildman–Crippen MR) is 83.0 cm³/mol. The summed E-state index contributed by atoms with van der Waals surface area (Å²) in [5.41, 5.74) is 8.62. The Labute approximate surface area is 123 Å². The van der Waals surface area contributed by atoms with Gasteiger partial charge >= 0.3 is 0 Å². The first-order valence-electron chi connectivity index (χ1n) is 6.56. The molecule has 0 saturated carbocycles. The maximum absolute atomic E-state index is 12.1. The van der Waals surface area contributed by atoms with Gasteiger partial charge in [0.15, 0.2) is 5.13 Å². The van der Waals surface area contributed by atoms with E-state index in [9.17, 15) is 4.79 Å². The van der Waals surface area contributed by atoms with Crippen LogP contribution in [0.3, 0.4) is 0 Å². The third-order valence-electron chi connectivity index (χ3n) is 3.12. The number of aryl methyl sites for hydroxylation is 1. The average Bonchev–Trinajstić information content (AvgIpc) is 2.86. The Kier molecular flexibility index (Phi) is 4.52. The molecule has 1 atom stereocenters. The minimum Gasteiger partial charge on any atom is -0.322 e. The molecule has 0 aliphatic carbocycles. The summed E-state index contributed by atoms with van der Waals surface area (Å²) in [7, 11) is 0. The van der Waals surface area contributed by atoms with Crippen LogP contribution in [0.4, 0.5) is 5.13 Å². The fourth-order valence-corrected chi connectivity index (χ4v) is 2.46. The highest BCUT2D eigenvalue weighted by Crippen LogP contribution is 2.24. The summed E-state index contributed by atoms with van der Waals surface area (Å²) in [6.45, 7) is 6.09. The molecule has 0 spiro atoms. The van der Waals surface area contributed by atoms with Gasteiger partial charge in [-0.05, 0) is 25.0 Å². The molecule has 0 radical (unpaired) electrons. The molecular formula is C15H19N3OS. The molecule has 106 valence electrons. The van der Waals surface area contributed by atoms with E-state index >= 15 is 0 Å². The molecule has 0 fully saturated rings. The van der Waals surface area contributed by atoms with Crippen LogP contribution in [0, 0.1) is 12.8 Å². The molecule has 0 saturated heterocycles. The normalized spacial score (nSPS) is 12.4. The van der Waals surface area contributed by atoms with Gasteiger partial charge in [0.05, 0.1) is 11.7 Å². The van der Waals surface area contributed by atoms with Crippen molar-refractivity contribution in [2.45, 2.75) is 26.8 Å². The summed E-state index contributed by atoms with van der Waals surface area (Å²) >= 11 is 1.40. The number of aromatic nitrogens is 1. The van der Waals surface area contributed by atoms with Crippen LogP contribution < -0.4 is 11.1 Å². The lowest BCUT2D eigenvalue weighted by Crippen LogP contribution is -2.17. The van der Waals surface area contributed by atoms with Crippen LogP contribution in [0.1, 0.15) is 41.5 Å². The average molecular weight is 289 g/mol. The molecule has 0 aliphatic rings. The number of benzene rings is 1. The van der Waals surface area contributed by atoms with E-state index in [-0.39, 0.29) is 11.9 Å². The number of nitrogens with two attached hydrogens (primary N) is 1. The van der Waals surface area contributed by atoms with Crippen molar-refractivity contribution >= 4 is 22.4 Å². The fraction of sp³-hybridized carbons (Fsp3) is 0.333. The second-order valence-corrected chi connectivity index (χ2v) is 6.03. The molecule has 1 heterocycles. The highest BCUT2D eigenvalue weighted by atomic mass is 32.1. The molecule has 1 unspecified atom stereocenters. The van der Waals surface area contributed by atoms with Gasteiger partial charge in [-0.2, -0.15) is 0 Å². The van der Waals surface area contributed by atoms with Crippen LogP contribution in [-0.4, -0.2) is 10.9 Å². The molecule has 1 aromatic heterocycles. The van der Waals surface area contributed by atoms with Crippen LogP contribution in [0.15, 0.2) is 29.6 Å². The quantitative estimate of drug-likeness (QED) is 0.907. The lowest BCUT2D eigenvalue weighted by molar-refractivity contribution is 0.102. The lowest BCUT2D eigenvalue weighted by Gasteiger charge is -2.12. The maximum Gasteiger partial charge on any atom is 0.257 e. The highest BCUT2D eigenvalue weighted by Gasteiger charge is 2.15. The number of anilines is 1. The summed E-state index contributed by atoms with van der Waals surface area (Å²) in [4.78, 5) is 16.4. The number of amides is 1. The van der Waals surface area contributed by atoms with Gasteiger partial charge < -0.3 is 5.73 Å². The third-order valence-corrected chi connectivity index (χ3v) is 3.89. The van der Waals surface area contributed by atoms with Crippen molar-refractivity contribution in [1.29, 1.82) is 0 Å². The van der Waals surface area contributed by atoms with Crippen molar-refractivity contribution in [2.24, 2.45) is 11.7 Å². The van der Waals surface area contributed by atoms with E-state index in [4.69, 9.17) is 5.73 Å². The molecule has 2 aromatic rings. The molecule has 1 aromatic carbocycles. The van der Waals surface area contributed by atoms with Gasteiger partial charge in [0.1, 0.15) is 0 Å². The highest BCUT2D eigenvalue weighted by molar-refractivity contribution is 7.14. The standard InChI is InChI=1S/C15H19N3OS/c1-9(2)13(16)12-8-20-15(17-12)18-14(19)11-6-4-10(3)5-7-11/h4-9,13H,16H2,1-3H3,(H,17,18,19). The van der Waals surface area contributed by atoms with E-state index in [0.717, 1.165) is 11.3 Å². The fourth-order valence-electron chi connectivity index (χ4n) is 1.71. The molecule has 4 nitrogen and oxygen atoms in total. The van der Waals surface area contributed by atoms with Crippen molar-refractivity contribution < 1.29 is 4.79 Å². The van der Waals surface area contributed by atoms with Crippen LogP contribution >= 0.6 is 11.3 Å². The molecule has 20 heavy (non-hydrogen) atoms. The van der Waals surface area contributed by atoms with Crippen LogP contribution in [0.5, 0.6) is 0 Å². The number of hydrogen-bond acceptors (Lipinski definition) is 4. The summed E-state index contributed by atoms with van der Waals surface area (Å²) in [6, 6.07) is 7.34. The first kappa shape index (κ1) is 14.7. The van der Waals surface area contributed by atoms with Gasteiger partial charge in [0, 0.05) is 10.9 Å². The number of nitrogens with one attached hydrogen (secondary N) is 1. The van der Waals surface area contributed by atoms with Gasteiger partial charge in [0.25, 0.3) is 5.91 Å². The molecule has 0 aliphatic heterocycles. The number of nitrogens with zero attached hydrogens (tertiary/aromatic N) is 1. The largest absolute Gasteiger partial charge is 0.322 e. The first-order chi connectivity index (χ1) is 9.47. The zero-order valence-electron chi connectivity index (χ0n) is 11.9. The van der Waals surface area contributed by atoms with Gasteiger partial charge in [-0.1, -0.05) is 31.5 Å². The Morgan fingerprint density at radius 1 is 1.30 bits per heavy atom. The Hall–Kier alpha value is -1.72. The third kappa shape index (κ3) is 3.43. The van der Waals surface area contributed by atoms with E-state index in [0.29, 0.717) is 16.6 Å². The minimum absolute atomic E-state index is 0.101. The molecule has 0 bridgehead atoms. The Morgan fingerprint density at radius 3 is 2.55 bits per heavy atom. The number of thiazole rings is 1. The smallest absolute Gasteiger partial charge is 0.257 e. The zero-order chi connectivity index (χ0) is 14.7. The van der Waals surface area contributed by atoms with Crippen molar-refractivity contribution in [2.75, 3.05) is 5.32 Å². The van der Waals surface area contributed by atoms with Gasteiger partial charge in [0.2, 0.25) is 0 Å². The lowest BCUT2D eigenvalue weighted by atomic mass is 10.0. The van der Waals surface area contributed by atoms with Crippen molar-refractivity contribution in [1.82, 2.24) is 4.98 Å². The van der Waals surface area contributed by atoms with Crippen LogP contribution in [0.25, 0.3) is 0 Å². The van der Waals surface area contributed by atoms with Crippen molar-refractivity contribution in [3.8, 4) is 0 Å². The maximum atomic E-state index is 12.1. The van der Waals surface area contributed by atoms with Crippen molar-refractivity contribution in [3.05, 3.63) is 46.5 Å². The summed E-state index contributed by atoms with van der Waals surface area (Å²) in [5, 5.41) is 5.29. The number of hydrogen-bond donors (Lipinski definition) is 2. The second-order valence-electron chi connectivity index (χ2n) is 5.17. The summed E-state index contributed by atoms with van der Waals surface area (Å²) in [5.74, 6) is 0.168. The summed E-state index contributed by atoms with van der Waals surface area (Å²) in [6.07, 6.45) is 0. The van der Waals surface area contributed by atoms with Crippen molar-refractivity contribution in [3.63, 3.8) is 0 Å². The number of carbonyl (C=O) groups excluding carboxylic acids is 1. The Morgan fingerprint density at radius 2 is 1.95 bits per heavy atom. The number of carbonyl (C=O) groups is 1. The molecule has 3 N–H and O–H groups in total. The minimum atomic E-state index is -0.149. The number of rotatable bonds is 4. The molecular weight excluding hydrogens is 270 g/mol. The van der Waals surface area contributed by atoms with Gasteiger partial charge in [-0.15, -0.1) is 11.3 Å². The van der Waals surface area contributed by atoms with Gasteiger partial charge in [-0.25, -0.2) is 4.98 Å². The van der Waals surface area contributed by atoms with Gasteiger partial charge in [-0.3, -0.25) is 10.1 Å². The van der Waals surface area contributed by atoms with E-state index < -0.39 is 0 Å². The topological polar surface area (TPSA) is 68.0 Å². The van der Waals surface area contributed by atoms with Crippen LogP contribution in [0.2, 0.25) is 0 Å². The zero-order valence-corrected chi connectivity index (χ0v) is 12.7. The monoisotopic (exact) mass is 289 g/mol. The van der Waals surface area contributed by atoms with E-state index in [1.165, 1.54) is 11.3 Å². The van der Waals surface area contributed by atoms with E-state index in [1.54, 1.807) is 12.1 Å². The summed E-state index contributed by atoms with van der Waals surface area (Å²) < 4.78 is 0. The Bertz CT molecular complexity index is 589. The SMILES string of the molecule is Cc1ccc(C(=O)Nc2nc(C(N)C(C)C)cs2)cc1. The molecule has 5 heteroatoms. The predicted octanol–water partition coefficient (Wildman–Crippen LogP) is 3.36.